The number of hydrogen-bond donors (Lipinski definition) is 2. The summed E-state index contributed by atoms with van der Waals surface area (Å²) < 4.78 is 6.26. The molecule has 6 atom stereocenters. The van der Waals surface area contributed by atoms with Gasteiger partial charge in [-0.25, -0.2) is 0 Å². The molecule has 3 saturated heterocycles. The van der Waals surface area contributed by atoms with Gasteiger partial charge >= 0.3 is 0 Å². The highest BCUT2D eigenvalue weighted by Crippen LogP contribution is 2.65. The number of aryl methyl sites for hydroxylation is 1. The van der Waals surface area contributed by atoms with Gasteiger partial charge in [0, 0.05) is 41.6 Å². The number of likely N-dealkylation sites (tertiary alicyclic amines) is 2. The predicted octanol–water partition coefficient (Wildman–Crippen LogP) is 7.12. The SMILES string of the molecule is COc1cc(Br)cc([C@H]2C3=CC[C@@H]4C(=O)N(C5CCN(Cc6ccccc6)CC5)C(=O)[C@@H]4[C@@H]3C[C@H]3C(=O)N(Nc4ccc(C)cc4)C(=O)[C@@]23c2ccccc2)c1O. The van der Waals surface area contributed by atoms with E-state index in [4.69, 9.17) is 4.74 Å². The highest BCUT2D eigenvalue weighted by atomic mass is 79.9. The van der Waals surface area contributed by atoms with E-state index in [1.165, 1.54) is 12.7 Å². The molecule has 57 heavy (non-hydrogen) atoms. The Balaban J connectivity index is 1.13. The standard InChI is InChI=1S/C46H45BrN4O6/c1-27-13-15-31(16-14-27)48-51-43(54)37-25-35-33(40(36-23-30(47)24-38(57-2)41(36)52)46(37,45(51)56)29-11-7-4-8-12-29)17-18-34-39(35)44(55)50(42(34)53)32-19-21-49(22-20-32)26-28-9-5-3-6-10-28/h3-17,23-24,32,34-35,37,39-40,48,52H,18-22,25-26H2,1-2H3/t34-,35+,37-,39-,40+,46+/m0/s1. The maximum atomic E-state index is 15.5. The fourth-order valence-electron chi connectivity index (χ4n) is 10.6. The summed E-state index contributed by atoms with van der Waals surface area (Å²) in [7, 11) is 1.47. The number of rotatable bonds is 8. The third kappa shape index (κ3) is 6.00. The topological polar surface area (TPSA) is 119 Å². The summed E-state index contributed by atoms with van der Waals surface area (Å²) in [5.74, 6) is -4.77. The molecule has 3 heterocycles. The van der Waals surface area contributed by atoms with Gasteiger partial charge in [-0.1, -0.05) is 106 Å². The van der Waals surface area contributed by atoms with Gasteiger partial charge in [-0.2, -0.15) is 5.01 Å². The van der Waals surface area contributed by atoms with Crippen LogP contribution in [0.2, 0.25) is 0 Å². The van der Waals surface area contributed by atoms with E-state index in [0.29, 0.717) is 40.5 Å². The van der Waals surface area contributed by atoms with Gasteiger partial charge < -0.3 is 9.84 Å². The zero-order valence-corrected chi connectivity index (χ0v) is 33.5. The Kier molecular flexibility index (Phi) is 9.56. The molecule has 0 unspecified atom stereocenters. The zero-order valence-electron chi connectivity index (χ0n) is 31.9. The Morgan fingerprint density at radius 2 is 1.54 bits per heavy atom. The molecule has 0 radical (unpaired) electrons. The second-order valence-electron chi connectivity index (χ2n) is 16.2. The lowest BCUT2D eigenvalue weighted by atomic mass is 9.49. The third-order valence-electron chi connectivity index (χ3n) is 13.2. The number of carbonyl (C=O) groups is 4. The van der Waals surface area contributed by atoms with E-state index in [1.807, 2.05) is 85.8 Å². The van der Waals surface area contributed by atoms with Crippen molar-refractivity contribution in [2.45, 2.75) is 56.5 Å². The molecule has 4 amide bonds. The van der Waals surface area contributed by atoms with Crippen LogP contribution in [0.15, 0.2) is 113 Å². The van der Waals surface area contributed by atoms with Crippen LogP contribution in [0, 0.1) is 30.6 Å². The van der Waals surface area contributed by atoms with Crippen LogP contribution in [0.25, 0.3) is 0 Å². The third-order valence-corrected chi connectivity index (χ3v) is 13.7. The van der Waals surface area contributed by atoms with Crippen molar-refractivity contribution in [3.8, 4) is 11.5 Å². The minimum absolute atomic E-state index is 0.147. The maximum absolute atomic E-state index is 15.5. The number of halogens is 1. The summed E-state index contributed by atoms with van der Waals surface area (Å²) in [5, 5.41) is 13.1. The molecule has 292 valence electrons. The Morgan fingerprint density at radius 3 is 2.23 bits per heavy atom. The van der Waals surface area contributed by atoms with Crippen molar-refractivity contribution in [3.63, 3.8) is 0 Å². The van der Waals surface area contributed by atoms with Crippen LogP contribution in [0.5, 0.6) is 11.5 Å². The first-order chi connectivity index (χ1) is 27.6. The molecular weight excluding hydrogens is 784 g/mol. The number of carbonyl (C=O) groups excluding carboxylic acids is 4. The molecule has 4 fully saturated rings. The highest BCUT2D eigenvalue weighted by Gasteiger charge is 2.71. The number of anilines is 1. The van der Waals surface area contributed by atoms with Crippen LogP contribution in [-0.2, 0) is 31.1 Å². The lowest BCUT2D eigenvalue weighted by Gasteiger charge is -2.50. The second kappa shape index (κ2) is 14.6. The van der Waals surface area contributed by atoms with E-state index < -0.39 is 46.8 Å². The van der Waals surface area contributed by atoms with Crippen LogP contribution in [-0.4, -0.2) is 69.8 Å². The van der Waals surface area contributed by atoms with Gasteiger partial charge in [0.2, 0.25) is 11.8 Å². The number of amides is 4. The van der Waals surface area contributed by atoms with Crippen LogP contribution in [0.1, 0.15) is 53.9 Å². The molecule has 2 aliphatic carbocycles. The first-order valence-electron chi connectivity index (χ1n) is 19.8. The van der Waals surface area contributed by atoms with Crippen LogP contribution < -0.4 is 10.2 Å². The number of methoxy groups -OCH3 is 1. The Hall–Kier alpha value is -5.26. The van der Waals surface area contributed by atoms with Gasteiger partial charge in [0.05, 0.1) is 36.0 Å². The maximum Gasteiger partial charge on any atom is 0.260 e. The molecule has 0 bridgehead atoms. The smallest absolute Gasteiger partial charge is 0.260 e. The quantitative estimate of drug-likeness (QED) is 0.143. The molecule has 0 aromatic heterocycles. The average molecular weight is 830 g/mol. The van der Waals surface area contributed by atoms with Gasteiger partial charge in [-0.3, -0.25) is 34.4 Å². The fourth-order valence-corrected chi connectivity index (χ4v) is 11.1. The van der Waals surface area contributed by atoms with Crippen LogP contribution in [0.3, 0.4) is 0 Å². The number of phenolic OH excluding ortho intramolecular Hbond substituents is 1. The molecular formula is C46H45BrN4O6. The van der Waals surface area contributed by atoms with Crippen molar-refractivity contribution >= 4 is 45.2 Å². The second-order valence-corrected chi connectivity index (χ2v) is 17.1. The molecule has 4 aromatic rings. The van der Waals surface area contributed by atoms with Gasteiger partial charge in [0.15, 0.2) is 11.5 Å². The number of allylic oxidation sites excluding steroid dienone is 2. The lowest BCUT2D eigenvalue weighted by Crippen LogP contribution is -2.53. The minimum Gasteiger partial charge on any atom is -0.504 e. The average Bonchev–Trinajstić information content (AvgIpc) is 3.61. The number of hydrogen-bond acceptors (Lipinski definition) is 8. The number of phenols is 1. The monoisotopic (exact) mass is 828 g/mol. The number of ether oxygens (including phenoxy) is 1. The predicted molar refractivity (Wildman–Crippen MR) is 218 cm³/mol. The van der Waals surface area contributed by atoms with Crippen molar-refractivity contribution in [1.29, 1.82) is 0 Å². The molecule has 3 aliphatic heterocycles. The molecule has 4 aromatic carbocycles. The number of fused-ring (bicyclic) bond motifs is 4. The van der Waals surface area contributed by atoms with Crippen molar-refractivity contribution in [2.75, 3.05) is 25.6 Å². The van der Waals surface area contributed by atoms with Gasteiger partial charge in [0.1, 0.15) is 0 Å². The number of nitrogens with one attached hydrogen (secondary N) is 1. The normalized spacial score (nSPS) is 27.6. The molecule has 11 heteroatoms. The molecule has 0 spiro atoms. The zero-order chi connectivity index (χ0) is 39.6. The lowest BCUT2D eigenvalue weighted by molar-refractivity contribution is -0.144. The summed E-state index contributed by atoms with van der Waals surface area (Å²) in [4.78, 5) is 63.6. The van der Waals surface area contributed by atoms with Gasteiger partial charge in [-0.15, -0.1) is 0 Å². The minimum atomic E-state index is -1.51. The van der Waals surface area contributed by atoms with E-state index in [9.17, 15) is 19.5 Å². The summed E-state index contributed by atoms with van der Waals surface area (Å²) >= 11 is 3.62. The van der Waals surface area contributed by atoms with E-state index in [-0.39, 0.29) is 35.8 Å². The fraction of sp³-hybridized carbons (Fsp3) is 0.348. The molecule has 5 aliphatic rings. The number of nitrogens with zero attached hydrogens (tertiary/aromatic N) is 3. The first kappa shape index (κ1) is 37.3. The van der Waals surface area contributed by atoms with Crippen molar-refractivity contribution in [2.24, 2.45) is 23.7 Å². The summed E-state index contributed by atoms with van der Waals surface area (Å²) in [6.07, 6.45) is 3.90. The van der Waals surface area contributed by atoms with E-state index in [0.717, 1.165) is 35.8 Å². The first-order valence-corrected chi connectivity index (χ1v) is 20.6. The van der Waals surface area contributed by atoms with E-state index in [1.54, 1.807) is 17.0 Å². The largest absolute Gasteiger partial charge is 0.504 e. The Bertz CT molecular complexity index is 2280. The number of piperidine rings is 1. The molecule has 1 saturated carbocycles. The van der Waals surface area contributed by atoms with Crippen molar-refractivity contribution < 1.29 is 29.0 Å². The van der Waals surface area contributed by atoms with E-state index in [2.05, 4.69) is 38.4 Å². The van der Waals surface area contributed by atoms with Crippen molar-refractivity contribution in [1.82, 2.24) is 14.8 Å². The number of aromatic hydroxyl groups is 1. The van der Waals surface area contributed by atoms with E-state index >= 15 is 4.79 Å². The number of hydrazine groups is 1. The highest BCUT2D eigenvalue weighted by molar-refractivity contribution is 9.10. The molecule has 9 rings (SSSR count). The van der Waals surface area contributed by atoms with Crippen molar-refractivity contribution in [3.05, 3.63) is 135 Å². The van der Waals surface area contributed by atoms with Gasteiger partial charge in [0.25, 0.3) is 11.8 Å². The van der Waals surface area contributed by atoms with Crippen LogP contribution in [0.4, 0.5) is 5.69 Å². The number of imide groups is 2. The Labute approximate surface area is 340 Å². The molecule has 2 N–H and O–H groups in total. The summed E-state index contributed by atoms with van der Waals surface area (Å²) in [6.45, 7) is 4.32. The summed E-state index contributed by atoms with van der Waals surface area (Å²) in [6, 6.07) is 30.3. The van der Waals surface area contributed by atoms with Gasteiger partial charge in [-0.05, 0) is 73.9 Å². The molecule has 10 nitrogen and oxygen atoms in total. The summed E-state index contributed by atoms with van der Waals surface area (Å²) in [5.41, 5.74) is 6.28. The van der Waals surface area contributed by atoms with Crippen LogP contribution >= 0.6 is 15.9 Å². The number of benzene rings is 4. The Morgan fingerprint density at radius 1 is 0.860 bits per heavy atom.